The van der Waals surface area contributed by atoms with Gasteiger partial charge in [0, 0.05) is 10.0 Å². The molecule has 4 heteroatoms. The molecule has 1 aromatic carbocycles. The molecule has 1 rings (SSSR count). The van der Waals surface area contributed by atoms with Crippen LogP contribution < -0.4 is 5.73 Å². The van der Waals surface area contributed by atoms with E-state index in [2.05, 4.69) is 15.9 Å². The fourth-order valence-corrected chi connectivity index (χ4v) is 1.44. The van der Waals surface area contributed by atoms with Gasteiger partial charge in [-0.3, -0.25) is 4.79 Å². The van der Waals surface area contributed by atoms with Crippen LogP contribution in [-0.2, 0) is 16.1 Å². The monoisotopic (exact) mass is 313 g/mol. The molecule has 0 aliphatic carbocycles. The third kappa shape index (κ3) is 3.56. The van der Waals surface area contributed by atoms with Crippen LogP contribution in [0.25, 0.3) is 0 Å². The van der Waals surface area contributed by atoms with E-state index in [0.717, 1.165) is 10.0 Å². The van der Waals surface area contributed by atoms with E-state index < -0.39 is 11.0 Å². The maximum absolute atomic E-state index is 12.0. The van der Waals surface area contributed by atoms with Crippen molar-refractivity contribution in [2.45, 2.75) is 39.8 Å². The van der Waals surface area contributed by atoms with Crippen molar-refractivity contribution in [1.82, 2.24) is 0 Å². The lowest BCUT2D eigenvalue weighted by Crippen LogP contribution is -2.52. The molecule has 0 aliphatic heterocycles. The van der Waals surface area contributed by atoms with Crippen LogP contribution >= 0.6 is 15.9 Å². The second-order valence-electron chi connectivity index (χ2n) is 5.55. The maximum Gasteiger partial charge on any atom is 0.313 e. The van der Waals surface area contributed by atoms with Crippen molar-refractivity contribution in [3.63, 3.8) is 0 Å². The Morgan fingerprint density at radius 1 is 1.22 bits per heavy atom. The zero-order valence-electron chi connectivity index (χ0n) is 11.3. The van der Waals surface area contributed by atoms with Crippen molar-refractivity contribution in [2.75, 3.05) is 0 Å². The van der Waals surface area contributed by atoms with E-state index in [4.69, 9.17) is 10.5 Å². The number of ether oxygens (including phenoxy) is 1. The van der Waals surface area contributed by atoms with E-state index in [-0.39, 0.29) is 12.6 Å². The first-order chi connectivity index (χ1) is 8.14. The number of hydrogen-bond donors (Lipinski definition) is 1. The molecule has 0 atom stereocenters. The van der Waals surface area contributed by atoms with Crippen molar-refractivity contribution in [3.05, 3.63) is 34.3 Å². The molecular weight excluding hydrogens is 294 g/mol. The zero-order valence-corrected chi connectivity index (χ0v) is 12.9. The first kappa shape index (κ1) is 15.2. The number of benzene rings is 1. The summed E-state index contributed by atoms with van der Waals surface area (Å²) in [6.45, 7) is 7.53. The van der Waals surface area contributed by atoms with Crippen LogP contribution in [0.3, 0.4) is 0 Å². The van der Waals surface area contributed by atoms with Crippen molar-refractivity contribution in [2.24, 2.45) is 11.1 Å². The summed E-state index contributed by atoms with van der Waals surface area (Å²) in [5.41, 5.74) is 5.61. The summed E-state index contributed by atoms with van der Waals surface area (Å²) in [5.74, 6) is -0.280. The Labute approximate surface area is 117 Å². The highest BCUT2D eigenvalue weighted by Crippen LogP contribution is 2.30. The first-order valence-corrected chi connectivity index (χ1v) is 6.64. The van der Waals surface area contributed by atoms with Crippen LogP contribution in [0.4, 0.5) is 0 Å². The van der Waals surface area contributed by atoms with Gasteiger partial charge in [0.25, 0.3) is 0 Å². The largest absolute Gasteiger partial charge is 0.460 e. The standard InChI is InChI=1S/C14H20BrNO2/c1-13(2,14(3,4)16)12(17)18-9-10-5-7-11(15)8-6-10/h5-8H,9,16H2,1-4H3. The Morgan fingerprint density at radius 3 is 2.17 bits per heavy atom. The Bertz CT molecular complexity index is 418. The lowest BCUT2D eigenvalue weighted by molar-refractivity contribution is -0.158. The number of carbonyl (C=O) groups excluding carboxylic acids is 1. The maximum atomic E-state index is 12.0. The smallest absolute Gasteiger partial charge is 0.313 e. The van der Waals surface area contributed by atoms with Gasteiger partial charge in [0.2, 0.25) is 0 Å². The lowest BCUT2D eigenvalue weighted by Gasteiger charge is -2.35. The van der Waals surface area contributed by atoms with Gasteiger partial charge >= 0.3 is 5.97 Å². The number of esters is 1. The molecule has 2 N–H and O–H groups in total. The quantitative estimate of drug-likeness (QED) is 0.868. The highest BCUT2D eigenvalue weighted by molar-refractivity contribution is 9.10. The van der Waals surface area contributed by atoms with Gasteiger partial charge in [-0.1, -0.05) is 28.1 Å². The van der Waals surface area contributed by atoms with Crippen molar-refractivity contribution < 1.29 is 9.53 Å². The number of rotatable bonds is 4. The van der Waals surface area contributed by atoms with Gasteiger partial charge in [-0.05, 0) is 45.4 Å². The summed E-state index contributed by atoms with van der Waals surface area (Å²) < 4.78 is 6.33. The first-order valence-electron chi connectivity index (χ1n) is 5.85. The normalized spacial score (nSPS) is 12.3. The van der Waals surface area contributed by atoms with Crippen LogP contribution in [-0.4, -0.2) is 11.5 Å². The fourth-order valence-electron chi connectivity index (χ4n) is 1.17. The topological polar surface area (TPSA) is 52.3 Å². The third-order valence-electron chi connectivity index (χ3n) is 3.40. The van der Waals surface area contributed by atoms with Crippen molar-refractivity contribution >= 4 is 21.9 Å². The van der Waals surface area contributed by atoms with E-state index in [1.807, 2.05) is 38.1 Å². The molecule has 0 saturated carbocycles. The molecule has 0 aliphatic rings. The molecule has 0 radical (unpaired) electrons. The Kier molecular flexibility index (Phi) is 4.56. The summed E-state index contributed by atoms with van der Waals surface area (Å²) in [7, 11) is 0. The van der Waals surface area contributed by atoms with E-state index in [1.165, 1.54) is 0 Å². The number of halogens is 1. The minimum Gasteiger partial charge on any atom is -0.460 e. The van der Waals surface area contributed by atoms with E-state index in [1.54, 1.807) is 13.8 Å². The van der Waals surface area contributed by atoms with Gasteiger partial charge in [0.1, 0.15) is 6.61 Å². The van der Waals surface area contributed by atoms with E-state index in [0.29, 0.717) is 0 Å². The number of carbonyl (C=O) groups is 1. The van der Waals surface area contributed by atoms with Gasteiger partial charge in [-0.25, -0.2) is 0 Å². The summed E-state index contributed by atoms with van der Waals surface area (Å²) in [6.07, 6.45) is 0. The molecule has 1 aromatic rings. The van der Waals surface area contributed by atoms with Crippen molar-refractivity contribution in [3.8, 4) is 0 Å². The Morgan fingerprint density at radius 2 is 1.72 bits per heavy atom. The van der Waals surface area contributed by atoms with Crippen LogP contribution in [0.5, 0.6) is 0 Å². The van der Waals surface area contributed by atoms with Gasteiger partial charge in [0.15, 0.2) is 0 Å². The summed E-state index contributed by atoms with van der Waals surface area (Å²) in [6, 6.07) is 7.66. The highest BCUT2D eigenvalue weighted by atomic mass is 79.9. The van der Waals surface area contributed by atoms with Crippen LogP contribution in [0.1, 0.15) is 33.3 Å². The summed E-state index contributed by atoms with van der Waals surface area (Å²) in [5, 5.41) is 0. The Hall–Kier alpha value is -0.870. The predicted molar refractivity (Wildman–Crippen MR) is 76.0 cm³/mol. The molecule has 18 heavy (non-hydrogen) atoms. The lowest BCUT2D eigenvalue weighted by atomic mass is 9.75. The molecule has 0 heterocycles. The molecule has 0 aromatic heterocycles. The molecule has 0 saturated heterocycles. The van der Waals surface area contributed by atoms with Gasteiger partial charge in [0.05, 0.1) is 5.41 Å². The molecule has 0 spiro atoms. The zero-order chi connectivity index (χ0) is 14.0. The molecule has 0 amide bonds. The molecule has 0 bridgehead atoms. The van der Waals surface area contributed by atoms with Gasteiger partial charge in [-0.15, -0.1) is 0 Å². The second-order valence-corrected chi connectivity index (χ2v) is 6.46. The minimum absolute atomic E-state index is 0.269. The van der Waals surface area contributed by atoms with Crippen LogP contribution in [0.2, 0.25) is 0 Å². The van der Waals surface area contributed by atoms with Gasteiger partial charge < -0.3 is 10.5 Å². The highest BCUT2D eigenvalue weighted by Gasteiger charge is 2.41. The van der Waals surface area contributed by atoms with Gasteiger partial charge in [-0.2, -0.15) is 0 Å². The predicted octanol–water partition coefficient (Wildman–Crippen LogP) is 3.26. The SMILES string of the molecule is CC(C)(N)C(C)(C)C(=O)OCc1ccc(Br)cc1. The molecule has 0 unspecified atom stereocenters. The average Bonchev–Trinajstić information content (AvgIpc) is 2.26. The molecule has 3 nitrogen and oxygen atoms in total. The molecule has 0 fully saturated rings. The molecule has 100 valence electrons. The summed E-state index contributed by atoms with van der Waals surface area (Å²) in [4.78, 5) is 12.0. The van der Waals surface area contributed by atoms with Crippen molar-refractivity contribution in [1.29, 1.82) is 0 Å². The number of nitrogens with two attached hydrogens (primary N) is 1. The van der Waals surface area contributed by atoms with Crippen LogP contribution in [0, 0.1) is 5.41 Å². The third-order valence-corrected chi connectivity index (χ3v) is 3.93. The molecular formula is C14H20BrNO2. The van der Waals surface area contributed by atoms with E-state index in [9.17, 15) is 4.79 Å². The van der Waals surface area contributed by atoms with Crippen LogP contribution in [0.15, 0.2) is 28.7 Å². The number of hydrogen-bond acceptors (Lipinski definition) is 3. The average molecular weight is 314 g/mol. The minimum atomic E-state index is -0.720. The summed E-state index contributed by atoms with van der Waals surface area (Å²) >= 11 is 3.36. The Balaban J connectivity index is 2.64. The fraction of sp³-hybridized carbons (Fsp3) is 0.500. The van der Waals surface area contributed by atoms with E-state index >= 15 is 0 Å². The second kappa shape index (κ2) is 5.41.